The quantitative estimate of drug-likeness (QED) is 0.537. The Morgan fingerprint density at radius 3 is 2.53 bits per heavy atom. The number of carbonyl (C=O) groups excluding carboxylic acids is 1. The van der Waals surface area contributed by atoms with E-state index in [1.165, 1.54) is 32.1 Å². The predicted molar refractivity (Wildman–Crippen MR) is 125 cm³/mol. The first-order valence-electron chi connectivity index (χ1n) is 10.9. The molecule has 2 aromatic carbocycles. The Labute approximate surface area is 188 Å². The normalized spacial score (nSPS) is 13.9. The summed E-state index contributed by atoms with van der Waals surface area (Å²) in [6.45, 7) is 0. The van der Waals surface area contributed by atoms with Gasteiger partial charge in [-0.25, -0.2) is 9.97 Å². The summed E-state index contributed by atoms with van der Waals surface area (Å²) in [5, 5.41) is 6.44. The van der Waals surface area contributed by atoms with Crippen molar-refractivity contribution >= 4 is 17.4 Å². The van der Waals surface area contributed by atoms with Crippen LogP contribution in [0.1, 0.15) is 42.5 Å². The van der Waals surface area contributed by atoms with Crippen LogP contribution in [0.3, 0.4) is 0 Å². The predicted octanol–water partition coefficient (Wildman–Crippen LogP) is 5.16. The summed E-state index contributed by atoms with van der Waals surface area (Å²) >= 11 is 0. The van der Waals surface area contributed by atoms with Crippen LogP contribution in [0.4, 0.5) is 11.5 Å². The van der Waals surface area contributed by atoms with E-state index in [1.54, 1.807) is 44.8 Å². The molecule has 166 valence electrons. The number of nitrogens with one attached hydrogen (secondary N) is 2. The van der Waals surface area contributed by atoms with Crippen molar-refractivity contribution in [3.05, 3.63) is 60.4 Å². The fourth-order valence-corrected chi connectivity index (χ4v) is 3.99. The van der Waals surface area contributed by atoms with Gasteiger partial charge in [-0.2, -0.15) is 0 Å². The maximum absolute atomic E-state index is 12.9. The first-order chi connectivity index (χ1) is 15.7. The molecule has 1 aliphatic rings. The Hall–Kier alpha value is -3.61. The van der Waals surface area contributed by atoms with Gasteiger partial charge in [-0.05, 0) is 37.1 Å². The first-order valence-corrected chi connectivity index (χ1v) is 10.9. The van der Waals surface area contributed by atoms with E-state index in [9.17, 15) is 4.79 Å². The molecule has 0 unspecified atom stereocenters. The lowest BCUT2D eigenvalue weighted by Gasteiger charge is -2.23. The average Bonchev–Trinajstić information content (AvgIpc) is 2.85. The van der Waals surface area contributed by atoms with Crippen molar-refractivity contribution in [1.82, 2.24) is 9.97 Å². The number of methoxy groups -OCH3 is 2. The number of rotatable bonds is 7. The molecule has 1 heterocycles. The molecule has 1 amide bonds. The van der Waals surface area contributed by atoms with Crippen molar-refractivity contribution in [3.63, 3.8) is 0 Å². The minimum Gasteiger partial charge on any atom is -0.493 e. The number of aromatic nitrogens is 2. The number of carbonyl (C=O) groups is 1. The van der Waals surface area contributed by atoms with Gasteiger partial charge in [0.15, 0.2) is 11.5 Å². The van der Waals surface area contributed by atoms with Crippen molar-refractivity contribution in [1.29, 1.82) is 0 Å². The molecule has 1 aromatic heterocycles. The van der Waals surface area contributed by atoms with Gasteiger partial charge in [0.25, 0.3) is 5.91 Å². The minimum atomic E-state index is -0.214. The molecule has 0 bridgehead atoms. The van der Waals surface area contributed by atoms with E-state index < -0.39 is 0 Å². The van der Waals surface area contributed by atoms with Gasteiger partial charge in [-0.1, -0.05) is 31.4 Å². The molecule has 1 aliphatic carbocycles. The molecule has 0 aliphatic heterocycles. The molecular formula is C25H28N4O3. The lowest BCUT2D eigenvalue weighted by Crippen LogP contribution is -2.22. The van der Waals surface area contributed by atoms with Crippen LogP contribution in [-0.4, -0.2) is 36.1 Å². The second-order valence-electron chi connectivity index (χ2n) is 7.87. The van der Waals surface area contributed by atoms with Crippen LogP contribution in [0.25, 0.3) is 11.3 Å². The molecule has 7 heteroatoms. The third-order valence-electron chi connectivity index (χ3n) is 5.69. The Bertz CT molecular complexity index is 1080. The van der Waals surface area contributed by atoms with Crippen LogP contribution < -0.4 is 20.1 Å². The molecule has 0 spiro atoms. The van der Waals surface area contributed by atoms with Gasteiger partial charge in [0, 0.05) is 35.0 Å². The van der Waals surface area contributed by atoms with Gasteiger partial charge in [-0.15, -0.1) is 0 Å². The molecule has 0 saturated heterocycles. The van der Waals surface area contributed by atoms with Crippen molar-refractivity contribution in [2.75, 3.05) is 24.9 Å². The van der Waals surface area contributed by atoms with Crippen molar-refractivity contribution < 1.29 is 14.3 Å². The van der Waals surface area contributed by atoms with E-state index in [2.05, 4.69) is 20.6 Å². The zero-order valence-electron chi connectivity index (χ0n) is 18.4. The van der Waals surface area contributed by atoms with Crippen molar-refractivity contribution in [2.45, 2.75) is 38.1 Å². The Kier molecular flexibility index (Phi) is 6.84. The van der Waals surface area contributed by atoms with E-state index in [4.69, 9.17) is 9.47 Å². The van der Waals surface area contributed by atoms with Gasteiger partial charge in [0.2, 0.25) is 0 Å². The maximum atomic E-state index is 12.9. The van der Waals surface area contributed by atoms with Crippen molar-refractivity contribution in [3.8, 4) is 22.8 Å². The van der Waals surface area contributed by atoms with Gasteiger partial charge in [0.1, 0.15) is 12.1 Å². The molecular weight excluding hydrogens is 404 g/mol. The first kappa shape index (κ1) is 21.6. The zero-order valence-corrected chi connectivity index (χ0v) is 18.4. The number of hydrogen-bond acceptors (Lipinski definition) is 6. The molecule has 1 saturated carbocycles. The average molecular weight is 433 g/mol. The second-order valence-corrected chi connectivity index (χ2v) is 7.87. The number of amides is 1. The van der Waals surface area contributed by atoms with Gasteiger partial charge >= 0.3 is 0 Å². The Balaban J connectivity index is 1.49. The summed E-state index contributed by atoms with van der Waals surface area (Å²) in [5.41, 5.74) is 2.80. The monoisotopic (exact) mass is 432 g/mol. The lowest BCUT2D eigenvalue weighted by atomic mass is 9.95. The second kappa shape index (κ2) is 10.1. The fourth-order valence-electron chi connectivity index (χ4n) is 3.99. The third-order valence-corrected chi connectivity index (χ3v) is 5.69. The van der Waals surface area contributed by atoms with Crippen LogP contribution in [0.15, 0.2) is 54.9 Å². The number of nitrogens with zero attached hydrogens (tertiary/aromatic N) is 2. The summed E-state index contributed by atoms with van der Waals surface area (Å²) in [7, 11) is 3.14. The molecule has 2 N–H and O–H groups in total. The highest BCUT2D eigenvalue weighted by atomic mass is 16.5. The summed E-state index contributed by atoms with van der Waals surface area (Å²) in [6, 6.07) is 15.1. The SMILES string of the molecule is COc1ccc(NC(=O)c2cccc(-c3cc(NC4CCCCC4)ncn3)c2)cc1OC. The molecule has 4 rings (SSSR count). The summed E-state index contributed by atoms with van der Waals surface area (Å²) in [4.78, 5) is 21.6. The largest absolute Gasteiger partial charge is 0.493 e. The Morgan fingerprint density at radius 2 is 1.75 bits per heavy atom. The lowest BCUT2D eigenvalue weighted by molar-refractivity contribution is 0.102. The van der Waals surface area contributed by atoms with Crippen molar-refractivity contribution in [2.24, 2.45) is 0 Å². The molecule has 0 radical (unpaired) electrons. The topological polar surface area (TPSA) is 85.4 Å². The fraction of sp³-hybridized carbons (Fsp3) is 0.320. The highest BCUT2D eigenvalue weighted by Gasteiger charge is 2.15. The summed E-state index contributed by atoms with van der Waals surface area (Å²) < 4.78 is 10.6. The number of benzene rings is 2. The highest BCUT2D eigenvalue weighted by molar-refractivity contribution is 6.05. The maximum Gasteiger partial charge on any atom is 0.255 e. The zero-order chi connectivity index (χ0) is 22.3. The van der Waals surface area contributed by atoms with E-state index in [1.807, 2.05) is 24.3 Å². The molecule has 0 atom stereocenters. The summed E-state index contributed by atoms with van der Waals surface area (Å²) in [6.07, 6.45) is 7.73. The van der Waals surface area contributed by atoms with E-state index >= 15 is 0 Å². The number of anilines is 2. The molecule has 7 nitrogen and oxygen atoms in total. The van der Waals surface area contributed by atoms with E-state index in [-0.39, 0.29) is 5.91 Å². The number of hydrogen-bond donors (Lipinski definition) is 2. The van der Waals surface area contributed by atoms with Gasteiger partial charge < -0.3 is 20.1 Å². The molecule has 3 aromatic rings. The smallest absolute Gasteiger partial charge is 0.255 e. The highest BCUT2D eigenvalue weighted by Crippen LogP contribution is 2.30. The van der Waals surface area contributed by atoms with Gasteiger partial charge in [0.05, 0.1) is 19.9 Å². The standard InChI is InChI=1S/C25H28N4O3/c1-31-22-12-11-20(14-23(22)32-2)29-25(30)18-8-6-7-17(13-18)21-15-24(27-16-26-21)28-19-9-4-3-5-10-19/h6-8,11-16,19H,3-5,9-10H2,1-2H3,(H,29,30)(H,26,27,28). The Morgan fingerprint density at radius 1 is 0.938 bits per heavy atom. The van der Waals surface area contributed by atoms with Crippen LogP contribution in [0.2, 0.25) is 0 Å². The molecule has 1 fully saturated rings. The van der Waals surface area contributed by atoms with Crippen LogP contribution in [0, 0.1) is 0 Å². The number of ether oxygens (including phenoxy) is 2. The minimum absolute atomic E-state index is 0.214. The van der Waals surface area contributed by atoms with Crippen LogP contribution >= 0.6 is 0 Å². The summed E-state index contributed by atoms with van der Waals surface area (Å²) in [5.74, 6) is 1.77. The third kappa shape index (κ3) is 5.17. The van der Waals surface area contributed by atoms with E-state index in [0.29, 0.717) is 28.8 Å². The van der Waals surface area contributed by atoms with Gasteiger partial charge in [-0.3, -0.25) is 4.79 Å². The molecule has 32 heavy (non-hydrogen) atoms. The van der Waals surface area contributed by atoms with Crippen LogP contribution in [0.5, 0.6) is 11.5 Å². The van der Waals surface area contributed by atoms with E-state index in [0.717, 1.165) is 17.1 Å². The van der Waals surface area contributed by atoms with Crippen LogP contribution in [-0.2, 0) is 0 Å².